The summed E-state index contributed by atoms with van der Waals surface area (Å²) >= 11 is 0. The van der Waals surface area contributed by atoms with Crippen molar-refractivity contribution in [3.63, 3.8) is 0 Å². The van der Waals surface area contributed by atoms with Crippen molar-refractivity contribution in [1.82, 2.24) is 10.2 Å². The van der Waals surface area contributed by atoms with Crippen molar-refractivity contribution in [1.29, 1.82) is 0 Å². The molecular formula is C22H25FN2O2. The van der Waals surface area contributed by atoms with Gasteiger partial charge >= 0.3 is 0 Å². The van der Waals surface area contributed by atoms with Crippen LogP contribution in [0.15, 0.2) is 48.5 Å². The van der Waals surface area contributed by atoms with E-state index in [9.17, 15) is 14.3 Å². The van der Waals surface area contributed by atoms with Gasteiger partial charge in [-0.1, -0.05) is 36.4 Å². The van der Waals surface area contributed by atoms with Gasteiger partial charge in [-0.15, -0.1) is 0 Å². The smallest absolute Gasteiger partial charge is 0.256 e. The van der Waals surface area contributed by atoms with E-state index in [0.717, 1.165) is 24.8 Å². The van der Waals surface area contributed by atoms with Crippen LogP contribution < -0.4 is 5.32 Å². The highest BCUT2D eigenvalue weighted by Gasteiger charge is 2.42. The second-order valence-electron chi connectivity index (χ2n) is 7.74. The average molecular weight is 368 g/mol. The number of hydrogen-bond donors (Lipinski definition) is 2. The Morgan fingerprint density at radius 2 is 1.78 bits per heavy atom. The minimum Gasteiger partial charge on any atom is -0.379 e. The van der Waals surface area contributed by atoms with Crippen LogP contribution in [0, 0.1) is 5.82 Å². The maximum atomic E-state index is 13.1. The number of fused-ring (bicyclic) bond motifs is 1. The number of nitrogens with one attached hydrogen (secondary N) is 1. The van der Waals surface area contributed by atoms with Crippen molar-refractivity contribution >= 4 is 5.91 Å². The van der Waals surface area contributed by atoms with Crippen LogP contribution in [0.1, 0.15) is 29.5 Å². The van der Waals surface area contributed by atoms with Crippen molar-refractivity contribution in [2.45, 2.75) is 43.9 Å². The Morgan fingerprint density at radius 3 is 2.44 bits per heavy atom. The number of amides is 1. The molecule has 1 fully saturated rings. The zero-order chi connectivity index (χ0) is 18.9. The van der Waals surface area contributed by atoms with Crippen molar-refractivity contribution in [2.75, 3.05) is 13.1 Å². The monoisotopic (exact) mass is 368 g/mol. The van der Waals surface area contributed by atoms with Crippen LogP contribution in [0.2, 0.25) is 0 Å². The Bertz CT molecular complexity index is 798. The highest BCUT2D eigenvalue weighted by atomic mass is 19.1. The number of carbonyl (C=O) groups excluding carboxylic acids is 1. The first-order valence-corrected chi connectivity index (χ1v) is 9.60. The fourth-order valence-corrected chi connectivity index (χ4v) is 4.21. The predicted octanol–water partition coefficient (Wildman–Crippen LogP) is 2.44. The molecule has 4 nitrogen and oxygen atoms in total. The molecule has 142 valence electrons. The number of carbonyl (C=O) groups is 1. The second kappa shape index (κ2) is 7.41. The molecule has 2 N–H and O–H groups in total. The lowest BCUT2D eigenvalue weighted by atomic mass is 9.91. The number of nitrogens with zero attached hydrogens (tertiary/aromatic N) is 1. The summed E-state index contributed by atoms with van der Waals surface area (Å²) in [6, 6.07) is 14.8. The molecule has 0 aromatic heterocycles. The Hall–Kier alpha value is -2.24. The summed E-state index contributed by atoms with van der Waals surface area (Å²) in [5.41, 5.74) is 2.19. The number of benzene rings is 2. The lowest BCUT2D eigenvalue weighted by Gasteiger charge is -2.39. The number of aliphatic hydroxyl groups is 1. The van der Waals surface area contributed by atoms with E-state index in [1.165, 1.54) is 23.3 Å². The molecule has 4 rings (SSSR count). The largest absolute Gasteiger partial charge is 0.379 e. The van der Waals surface area contributed by atoms with Crippen molar-refractivity contribution in [2.24, 2.45) is 0 Å². The quantitative estimate of drug-likeness (QED) is 0.852. The zero-order valence-electron chi connectivity index (χ0n) is 15.3. The van der Waals surface area contributed by atoms with Gasteiger partial charge in [0.15, 0.2) is 5.60 Å². The normalized spacial score (nSPS) is 22.9. The van der Waals surface area contributed by atoms with Gasteiger partial charge in [-0.25, -0.2) is 4.39 Å². The van der Waals surface area contributed by atoms with E-state index in [4.69, 9.17) is 0 Å². The minimum absolute atomic E-state index is 0.235. The molecule has 0 spiro atoms. The van der Waals surface area contributed by atoms with Crippen molar-refractivity contribution in [3.05, 3.63) is 71.0 Å². The Morgan fingerprint density at radius 1 is 1.11 bits per heavy atom. The van der Waals surface area contributed by atoms with Crippen LogP contribution in [-0.4, -0.2) is 40.6 Å². The van der Waals surface area contributed by atoms with E-state index in [1.54, 1.807) is 17.0 Å². The van der Waals surface area contributed by atoms with Gasteiger partial charge in [0, 0.05) is 25.7 Å². The molecule has 2 aromatic rings. The molecule has 1 saturated heterocycles. The van der Waals surface area contributed by atoms with Gasteiger partial charge in [0.2, 0.25) is 0 Å². The highest BCUT2D eigenvalue weighted by molar-refractivity contribution is 5.86. The molecule has 1 heterocycles. The number of halogens is 1. The molecule has 5 heteroatoms. The van der Waals surface area contributed by atoms with E-state index in [-0.39, 0.29) is 24.3 Å². The fourth-order valence-electron chi connectivity index (χ4n) is 4.21. The van der Waals surface area contributed by atoms with Gasteiger partial charge in [-0.3, -0.25) is 4.79 Å². The molecule has 2 aliphatic rings. The van der Waals surface area contributed by atoms with Crippen LogP contribution in [-0.2, 0) is 24.2 Å². The number of likely N-dealkylation sites (tertiary alicyclic amines) is 1. The molecule has 0 saturated carbocycles. The minimum atomic E-state index is -1.37. The summed E-state index contributed by atoms with van der Waals surface area (Å²) in [5.74, 6) is -0.525. The van der Waals surface area contributed by atoms with Crippen LogP contribution in [0.4, 0.5) is 4.39 Å². The molecule has 2 aromatic carbocycles. The summed E-state index contributed by atoms with van der Waals surface area (Å²) in [7, 11) is 0. The molecule has 1 aliphatic heterocycles. The van der Waals surface area contributed by atoms with Gasteiger partial charge in [0.25, 0.3) is 5.91 Å². The Labute approximate surface area is 159 Å². The van der Waals surface area contributed by atoms with Gasteiger partial charge in [-0.2, -0.15) is 0 Å². The van der Waals surface area contributed by atoms with E-state index in [1.807, 2.05) is 12.1 Å². The third kappa shape index (κ3) is 3.89. The summed E-state index contributed by atoms with van der Waals surface area (Å²) in [4.78, 5) is 14.6. The Balaban J connectivity index is 1.37. The SMILES string of the molecule is O=C1N(Cc2ccc(F)cc2)CCCC1(O)CNC1Cc2ccccc2C1. The molecule has 1 unspecified atom stereocenters. The first-order chi connectivity index (χ1) is 13.0. The third-order valence-corrected chi connectivity index (χ3v) is 5.72. The van der Waals surface area contributed by atoms with E-state index in [2.05, 4.69) is 17.4 Å². The fraction of sp³-hybridized carbons (Fsp3) is 0.409. The van der Waals surface area contributed by atoms with Crippen molar-refractivity contribution in [3.8, 4) is 0 Å². The van der Waals surface area contributed by atoms with E-state index < -0.39 is 5.60 Å². The van der Waals surface area contributed by atoms with E-state index >= 15 is 0 Å². The summed E-state index contributed by atoms with van der Waals surface area (Å²) in [6.45, 7) is 1.29. The van der Waals surface area contributed by atoms with Crippen LogP contribution >= 0.6 is 0 Å². The molecule has 0 bridgehead atoms. The zero-order valence-corrected chi connectivity index (χ0v) is 15.3. The lowest BCUT2D eigenvalue weighted by molar-refractivity contribution is -0.157. The Kier molecular flexibility index (Phi) is 4.98. The van der Waals surface area contributed by atoms with E-state index in [0.29, 0.717) is 19.5 Å². The van der Waals surface area contributed by atoms with Crippen molar-refractivity contribution < 1.29 is 14.3 Å². The van der Waals surface area contributed by atoms with Gasteiger partial charge in [0.05, 0.1) is 0 Å². The summed E-state index contributed by atoms with van der Waals surface area (Å²) in [6.07, 6.45) is 3.09. The average Bonchev–Trinajstić information content (AvgIpc) is 3.09. The molecule has 0 radical (unpaired) electrons. The molecule has 1 amide bonds. The topological polar surface area (TPSA) is 52.6 Å². The number of hydrogen-bond acceptors (Lipinski definition) is 3. The first kappa shape index (κ1) is 18.1. The maximum absolute atomic E-state index is 13.1. The molecular weight excluding hydrogens is 343 g/mol. The lowest BCUT2D eigenvalue weighted by Crippen LogP contribution is -2.58. The third-order valence-electron chi connectivity index (χ3n) is 5.72. The van der Waals surface area contributed by atoms with Gasteiger partial charge in [0.1, 0.15) is 5.82 Å². The first-order valence-electron chi connectivity index (χ1n) is 9.60. The van der Waals surface area contributed by atoms with Gasteiger partial charge < -0.3 is 15.3 Å². The van der Waals surface area contributed by atoms with Gasteiger partial charge in [-0.05, 0) is 54.5 Å². The standard InChI is InChI=1S/C22H25FN2O2/c23-19-8-6-16(7-9-19)14-25-11-3-10-22(27,21(25)26)15-24-20-12-17-4-1-2-5-18(17)13-20/h1-2,4-9,20,24,27H,3,10-15H2. The summed E-state index contributed by atoms with van der Waals surface area (Å²) in [5, 5.41) is 14.4. The second-order valence-corrected chi connectivity index (χ2v) is 7.74. The number of rotatable bonds is 5. The van der Waals surface area contributed by atoms with Crippen LogP contribution in [0.5, 0.6) is 0 Å². The molecule has 27 heavy (non-hydrogen) atoms. The predicted molar refractivity (Wildman–Crippen MR) is 102 cm³/mol. The van der Waals surface area contributed by atoms with Crippen LogP contribution in [0.3, 0.4) is 0 Å². The number of piperidine rings is 1. The summed E-state index contributed by atoms with van der Waals surface area (Å²) < 4.78 is 13.1. The maximum Gasteiger partial charge on any atom is 0.256 e. The van der Waals surface area contributed by atoms with Crippen LogP contribution in [0.25, 0.3) is 0 Å². The molecule has 1 atom stereocenters. The molecule has 1 aliphatic carbocycles. The highest BCUT2D eigenvalue weighted by Crippen LogP contribution is 2.26.